The highest BCUT2D eigenvalue weighted by molar-refractivity contribution is 5.86. The molecule has 0 amide bonds. The van der Waals surface area contributed by atoms with E-state index >= 15 is 0 Å². The van der Waals surface area contributed by atoms with Gasteiger partial charge in [-0.25, -0.2) is 9.78 Å². The fraction of sp³-hybridized carbons (Fsp3) is 0.0667. The van der Waals surface area contributed by atoms with Gasteiger partial charge in [-0.2, -0.15) is 13.2 Å². The number of hydrogen-bond acceptors (Lipinski definition) is 3. The van der Waals surface area contributed by atoms with E-state index in [1.165, 1.54) is 6.20 Å². The normalized spacial score (nSPS) is 11.6. The van der Waals surface area contributed by atoms with Crippen molar-refractivity contribution < 1.29 is 22.7 Å². The molecule has 0 bridgehead atoms. The molecule has 0 spiro atoms. The van der Waals surface area contributed by atoms with Gasteiger partial charge in [0.1, 0.15) is 0 Å². The van der Waals surface area contributed by atoms with Gasteiger partial charge in [0, 0.05) is 5.56 Å². The predicted octanol–water partition coefficient (Wildman–Crippen LogP) is 3.70. The lowest BCUT2D eigenvalue weighted by Gasteiger charge is -2.04. The van der Waals surface area contributed by atoms with Gasteiger partial charge in [0.15, 0.2) is 0 Å². The van der Waals surface area contributed by atoms with E-state index in [4.69, 9.17) is 0 Å². The lowest BCUT2D eigenvalue weighted by Crippen LogP contribution is -2.28. The molecule has 0 atom stereocenters. The van der Waals surface area contributed by atoms with Crippen molar-refractivity contribution in [1.29, 1.82) is 0 Å². The molecule has 0 fully saturated rings. The number of hydrogen-bond donors (Lipinski definition) is 1. The first-order valence-corrected chi connectivity index (χ1v) is 6.27. The molecule has 7 heteroatoms. The number of nitrogens with zero attached hydrogens (tertiary/aromatic N) is 1. The molecule has 0 radical (unpaired) electrons. The van der Waals surface area contributed by atoms with Crippen LogP contribution in [0.2, 0.25) is 0 Å². The second-order valence-corrected chi connectivity index (χ2v) is 4.55. The van der Waals surface area contributed by atoms with E-state index in [9.17, 15) is 18.0 Å². The summed E-state index contributed by atoms with van der Waals surface area (Å²) in [4.78, 5) is 16.9. The summed E-state index contributed by atoms with van der Waals surface area (Å²) >= 11 is 0. The van der Waals surface area contributed by atoms with Crippen molar-refractivity contribution in [3.05, 3.63) is 48.7 Å². The van der Waals surface area contributed by atoms with Crippen molar-refractivity contribution in [2.45, 2.75) is 6.18 Å². The van der Waals surface area contributed by atoms with Crippen molar-refractivity contribution in [2.24, 2.45) is 0 Å². The van der Waals surface area contributed by atoms with Crippen LogP contribution in [0.4, 0.5) is 13.2 Å². The quantitative estimate of drug-likeness (QED) is 0.735. The molecule has 0 unspecified atom stereocenters. The summed E-state index contributed by atoms with van der Waals surface area (Å²) < 4.78 is 40.5. The minimum Gasteiger partial charge on any atom is -0.385 e. The van der Waals surface area contributed by atoms with E-state index in [0.717, 1.165) is 16.3 Å². The average molecular weight is 306 g/mol. The molecule has 0 aliphatic rings. The van der Waals surface area contributed by atoms with Crippen LogP contribution in [0.25, 0.3) is 22.0 Å². The van der Waals surface area contributed by atoms with Crippen LogP contribution in [0.3, 0.4) is 0 Å². The van der Waals surface area contributed by atoms with Crippen LogP contribution in [0.1, 0.15) is 0 Å². The van der Waals surface area contributed by atoms with E-state index in [0.29, 0.717) is 5.69 Å². The Morgan fingerprint density at radius 2 is 1.82 bits per heavy atom. The molecule has 0 aliphatic carbocycles. The third kappa shape index (κ3) is 2.78. The highest BCUT2D eigenvalue weighted by Crippen LogP contribution is 2.25. The number of ether oxygens (including phenoxy) is 1. The molecule has 3 aromatic rings. The molecule has 0 saturated carbocycles. The highest BCUT2D eigenvalue weighted by atomic mass is 19.4. The van der Waals surface area contributed by atoms with E-state index in [1.54, 1.807) is 6.07 Å². The minimum absolute atomic E-state index is 0.454. The van der Waals surface area contributed by atoms with E-state index < -0.39 is 18.2 Å². The molecule has 22 heavy (non-hydrogen) atoms. The van der Waals surface area contributed by atoms with Crippen molar-refractivity contribution in [3.8, 4) is 17.3 Å². The van der Waals surface area contributed by atoms with Gasteiger partial charge in [-0.05, 0) is 16.8 Å². The Balaban J connectivity index is 1.87. The molecule has 2 aromatic carbocycles. The van der Waals surface area contributed by atoms with Crippen LogP contribution >= 0.6 is 0 Å². The molecular formula is C15H9F3N2O2. The Kier molecular flexibility index (Phi) is 3.32. The number of halogens is 3. The number of esters is 1. The Morgan fingerprint density at radius 3 is 2.55 bits per heavy atom. The lowest BCUT2D eigenvalue weighted by atomic mass is 10.1. The lowest BCUT2D eigenvalue weighted by molar-refractivity contribution is -0.190. The number of aromatic amines is 1. The number of imidazole rings is 1. The number of aromatic nitrogens is 2. The van der Waals surface area contributed by atoms with Crippen LogP contribution in [0.15, 0.2) is 48.7 Å². The average Bonchev–Trinajstić information content (AvgIpc) is 2.94. The van der Waals surface area contributed by atoms with Crippen molar-refractivity contribution >= 4 is 16.7 Å². The molecular weight excluding hydrogens is 297 g/mol. The minimum atomic E-state index is -5.06. The zero-order valence-electron chi connectivity index (χ0n) is 11.0. The number of rotatable bonds is 2. The van der Waals surface area contributed by atoms with E-state index in [2.05, 4.69) is 14.7 Å². The maximum Gasteiger partial charge on any atom is 0.491 e. The summed E-state index contributed by atoms with van der Waals surface area (Å²) in [5.74, 6) is -2.31. The SMILES string of the molecule is O=C(Oc1ncc(-c2ccc3ccccc3c2)[nH]1)C(F)(F)F. The summed E-state index contributed by atoms with van der Waals surface area (Å²) in [5, 5.41) is 2.01. The number of benzene rings is 2. The molecule has 4 nitrogen and oxygen atoms in total. The van der Waals surface area contributed by atoms with Crippen LogP contribution in [-0.4, -0.2) is 22.1 Å². The van der Waals surface area contributed by atoms with Crippen LogP contribution in [0, 0.1) is 0 Å². The molecule has 0 saturated heterocycles. The Hall–Kier alpha value is -2.83. The van der Waals surface area contributed by atoms with Gasteiger partial charge < -0.3 is 9.72 Å². The van der Waals surface area contributed by atoms with Gasteiger partial charge in [0.05, 0.1) is 11.9 Å². The fourth-order valence-corrected chi connectivity index (χ4v) is 2.00. The third-order valence-corrected chi connectivity index (χ3v) is 3.03. The number of H-pyrrole nitrogens is 1. The topological polar surface area (TPSA) is 55.0 Å². The van der Waals surface area contributed by atoms with Gasteiger partial charge in [-0.1, -0.05) is 36.4 Å². The van der Waals surface area contributed by atoms with Crippen molar-refractivity contribution in [2.75, 3.05) is 0 Å². The maximum atomic E-state index is 12.1. The monoisotopic (exact) mass is 306 g/mol. The number of carbonyl (C=O) groups excluding carboxylic acids is 1. The molecule has 1 heterocycles. The molecule has 1 N–H and O–H groups in total. The van der Waals surface area contributed by atoms with Gasteiger partial charge >= 0.3 is 18.2 Å². The van der Waals surface area contributed by atoms with Crippen LogP contribution in [0.5, 0.6) is 6.01 Å². The van der Waals surface area contributed by atoms with E-state index in [-0.39, 0.29) is 0 Å². The summed E-state index contributed by atoms with van der Waals surface area (Å²) in [5.41, 5.74) is 1.18. The van der Waals surface area contributed by atoms with E-state index in [1.807, 2.05) is 36.4 Å². The summed E-state index contributed by atoms with van der Waals surface area (Å²) in [6.45, 7) is 0. The molecule has 0 aliphatic heterocycles. The number of nitrogens with one attached hydrogen (secondary N) is 1. The standard InChI is InChI=1S/C15H9F3N2O2/c16-15(17,18)13(21)22-14-19-8-12(20-14)11-6-5-9-3-1-2-4-10(9)7-11/h1-8H,(H,19,20). The van der Waals surface area contributed by atoms with Crippen LogP contribution < -0.4 is 4.74 Å². The van der Waals surface area contributed by atoms with Gasteiger partial charge in [0.2, 0.25) is 0 Å². The Bertz CT molecular complexity index is 840. The van der Waals surface area contributed by atoms with Gasteiger partial charge in [0.25, 0.3) is 0 Å². The first kappa shape index (κ1) is 14.1. The maximum absolute atomic E-state index is 12.1. The molecule has 112 valence electrons. The largest absolute Gasteiger partial charge is 0.491 e. The van der Waals surface area contributed by atoms with Gasteiger partial charge in [-0.3, -0.25) is 0 Å². The second kappa shape index (κ2) is 5.18. The first-order valence-electron chi connectivity index (χ1n) is 6.27. The third-order valence-electron chi connectivity index (χ3n) is 3.03. The van der Waals surface area contributed by atoms with Crippen LogP contribution in [-0.2, 0) is 4.79 Å². The smallest absolute Gasteiger partial charge is 0.385 e. The Labute approximate surface area is 122 Å². The Morgan fingerprint density at radius 1 is 1.09 bits per heavy atom. The fourth-order valence-electron chi connectivity index (χ4n) is 2.00. The molecule has 3 rings (SSSR count). The number of carbonyl (C=O) groups is 1. The number of fused-ring (bicyclic) bond motifs is 1. The molecule has 1 aromatic heterocycles. The van der Waals surface area contributed by atoms with Crippen molar-refractivity contribution in [3.63, 3.8) is 0 Å². The summed E-state index contributed by atoms with van der Waals surface area (Å²) in [6.07, 6.45) is -3.75. The predicted molar refractivity (Wildman–Crippen MR) is 73.2 cm³/mol. The highest BCUT2D eigenvalue weighted by Gasteiger charge is 2.41. The summed E-state index contributed by atoms with van der Waals surface area (Å²) in [7, 11) is 0. The number of alkyl halides is 3. The zero-order chi connectivity index (χ0) is 15.7. The summed E-state index contributed by atoms with van der Waals surface area (Å²) in [6, 6.07) is 12.7. The van der Waals surface area contributed by atoms with Crippen molar-refractivity contribution in [1.82, 2.24) is 9.97 Å². The first-order chi connectivity index (χ1) is 10.4. The second-order valence-electron chi connectivity index (χ2n) is 4.55. The van der Waals surface area contributed by atoms with Gasteiger partial charge in [-0.15, -0.1) is 0 Å². The zero-order valence-corrected chi connectivity index (χ0v) is 11.0.